The van der Waals surface area contributed by atoms with Crippen LogP contribution in [0.25, 0.3) is 5.57 Å². The van der Waals surface area contributed by atoms with E-state index in [1.54, 1.807) is 53.7 Å². The van der Waals surface area contributed by atoms with E-state index in [0.29, 0.717) is 39.2 Å². The molecule has 1 aliphatic heterocycles. The molecule has 1 aliphatic rings. The van der Waals surface area contributed by atoms with Crippen molar-refractivity contribution >= 4 is 23.2 Å². The molecule has 0 saturated heterocycles. The summed E-state index contributed by atoms with van der Waals surface area (Å²) < 4.78 is 57.5. The molecule has 0 aliphatic carbocycles. The summed E-state index contributed by atoms with van der Waals surface area (Å²) in [7, 11) is 1.00. The number of hydrogen-bond donors (Lipinski definition) is 2. The molecule has 0 saturated carbocycles. The number of allylic oxidation sites excluding steroid dienone is 1. The molecule has 204 valence electrons. The van der Waals surface area contributed by atoms with Crippen molar-refractivity contribution < 1.29 is 42.0 Å². The normalized spacial score (nSPS) is 15.9. The standard InChI is InChI=1S/C28H31F3N2O5/c1-8-37-26(34)23-16(5)14(3)21(32-23)20(22-15(4)17(6)24(33-22)27(35)38-9-2)18-12-10-11-13-19(18)25(36-7)28(29,30)31/h10-13,25,32H,8-9H2,1-7H3/p+1. The molecule has 1 atom stereocenters. The summed E-state index contributed by atoms with van der Waals surface area (Å²) in [6, 6.07) is 6.03. The van der Waals surface area contributed by atoms with Crippen LogP contribution in [0.1, 0.15) is 72.2 Å². The van der Waals surface area contributed by atoms with Gasteiger partial charge in [0.25, 0.3) is 5.71 Å². The van der Waals surface area contributed by atoms with E-state index in [9.17, 15) is 22.8 Å². The minimum atomic E-state index is -4.69. The SMILES string of the molecule is CCOC(=O)C1=[NH+]C(=C(c2ccccc2C(OC)C(F)(F)F)c2[nH]c(C(=O)OCC)c(C)c2C)C(C)=C1C. The molecular formula is C28H32F3N2O5+. The second-order valence-corrected chi connectivity index (χ2v) is 8.81. The predicted molar refractivity (Wildman–Crippen MR) is 135 cm³/mol. The van der Waals surface area contributed by atoms with Gasteiger partial charge in [0.05, 0.1) is 24.5 Å². The fourth-order valence-electron chi connectivity index (χ4n) is 4.47. The van der Waals surface area contributed by atoms with E-state index < -0.39 is 24.2 Å². The predicted octanol–water partition coefficient (Wildman–Crippen LogP) is 4.25. The molecule has 0 spiro atoms. The van der Waals surface area contributed by atoms with Crippen molar-refractivity contribution in [2.75, 3.05) is 20.3 Å². The van der Waals surface area contributed by atoms with Gasteiger partial charge in [0.15, 0.2) is 6.10 Å². The maximum absolute atomic E-state index is 14.1. The fourth-order valence-corrected chi connectivity index (χ4v) is 4.47. The highest BCUT2D eigenvalue weighted by molar-refractivity contribution is 6.41. The molecule has 0 amide bonds. The van der Waals surface area contributed by atoms with Crippen molar-refractivity contribution in [1.29, 1.82) is 0 Å². The van der Waals surface area contributed by atoms with Gasteiger partial charge in [0.2, 0.25) is 5.70 Å². The van der Waals surface area contributed by atoms with Gasteiger partial charge < -0.3 is 19.2 Å². The summed E-state index contributed by atoms with van der Waals surface area (Å²) in [5.41, 5.74) is 4.13. The van der Waals surface area contributed by atoms with Crippen LogP contribution in [0.3, 0.4) is 0 Å². The summed E-state index contributed by atoms with van der Waals surface area (Å²) in [4.78, 5) is 31.5. The molecule has 1 unspecified atom stereocenters. The highest BCUT2D eigenvalue weighted by atomic mass is 19.4. The molecule has 0 bridgehead atoms. The highest BCUT2D eigenvalue weighted by Crippen LogP contribution is 2.42. The maximum atomic E-state index is 14.1. The Morgan fingerprint density at radius 3 is 2.08 bits per heavy atom. The Balaban J connectivity index is 2.45. The number of aromatic nitrogens is 1. The van der Waals surface area contributed by atoms with Crippen LogP contribution < -0.4 is 4.99 Å². The number of alkyl halides is 3. The van der Waals surface area contributed by atoms with Crippen molar-refractivity contribution in [1.82, 2.24) is 4.98 Å². The van der Waals surface area contributed by atoms with Crippen LogP contribution in [-0.4, -0.2) is 49.1 Å². The topological polar surface area (TPSA) is 91.6 Å². The summed E-state index contributed by atoms with van der Waals surface area (Å²) in [6.07, 6.45) is -6.90. The Bertz CT molecular complexity index is 1350. The van der Waals surface area contributed by atoms with Gasteiger partial charge in [-0.05, 0) is 63.8 Å². The van der Waals surface area contributed by atoms with Crippen molar-refractivity contribution in [3.63, 3.8) is 0 Å². The number of rotatable bonds is 8. The number of nitrogens with one attached hydrogen (secondary N) is 2. The smallest absolute Gasteiger partial charge is 0.418 e. The molecule has 7 nitrogen and oxygen atoms in total. The molecule has 0 fully saturated rings. The first kappa shape index (κ1) is 28.9. The fraction of sp³-hybridized carbons (Fsp3) is 0.393. The molecule has 1 aromatic heterocycles. The Morgan fingerprint density at radius 1 is 0.921 bits per heavy atom. The summed E-state index contributed by atoms with van der Waals surface area (Å²) in [5, 5.41) is 0. The molecule has 38 heavy (non-hydrogen) atoms. The second kappa shape index (κ2) is 11.4. The van der Waals surface area contributed by atoms with Crippen LogP contribution in [-0.2, 0) is 19.0 Å². The lowest BCUT2D eigenvalue weighted by molar-refractivity contribution is -0.386. The van der Waals surface area contributed by atoms with Gasteiger partial charge in [-0.1, -0.05) is 24.3 Å². The minimum Gasteiger partial charge on any atom is -0.461 e. The number of aromatic amines is 1. The Kier molecular flexibility index (Phi) is 8.66. The highest BCUT2D eigenvalue weighted by Gasteiger charge is 2.44. The first-order valence-electron chi connectivity index (χ1n) is 12.2. The van der Waals surface area contributed by atoms with Gasteiger partial charge >= 0.3 is 18.1 Å². The average molecular weight is 534 g/mol. The third-order valence-corrected chi connectivity index (χ3v) is 6.63. The van der Waals surface area contributed by atoms with Crippen molar-refractivity contribution in [3.05, 3.63) is 74.8 Å². The van der Waals surface area contributed by atoms with E-state index >= 15 is 0 Å². The third-order valence-electron chi connectivity index (χ3n) is 6.63. The number of ether oxygens (including phenoxy) is 3. The number of benzene rings is 1. The van der Waals surface area contributed by atoms with Crippen LogP contribution >= 0.6 is 0 Å². The van der Waals surface area contributed by atoms with E-state index in [2.05, 4.69) is 9.98 Å². The molecule has 2 N–H and O–H groups in total. The van der Waals surface area contributed by atoms with Gasteiger partial charge in [-0.3, -0.25) is 0 Å². The lowest BCUT2D eigenvalue weighted by Crippen LogP contribution is -2.70. The zero-order valence-electron chi connectivity index (χ0n) is 22.5. The van der Waals surface area contributed by atoms with Crippen LogP contribution in [0.5, 0.6) is 0 Å². The van der Waals surface area contributed by atoms with E-state index in [0.717, 1.165) is 7.11 Å². The van der Waals surface area contributed by atoms with Crippen LogP contribution in [0.15, 0.2) is 41.1 Å². The number of hydrogen-bond acceptors (Lipinski definition) is 5. The lowest BCUT2D eigenvalue weighted by Gasteiger charge is -2.23. The van der Waals surface area contributed by atoms with Crippen molar-refractivity contribution in [2.24, 2.45) is 0 Å². The van der Waals surface area contributed by atoms with Crippen LogP contribution in [0.4, 0.5) is 13.2 Å². The zero-order valence-corrected chi connectivity index (χ0v) is 22.5. The quantitative estimate of drug-likeness (QED) is 0.495. The summed E-state index contributed by atoms with van der Waals surface area (Å²) in [6.45, 7) is 10.7. The summed E-state index contributed by atoms with van der Waals surface area (Å²) >= 11 is 0. The largest absolute Gasteiger partial charge is 0.461 e. The second-order valence-electron chi connectivity index (χ2n) is 8.81. The lowest BCUT2D eigenvalue weighted by atomic mass is 9.89. The number of carbonyl (C=O) groups is 2. The van der Waals surface area contributed by atoms with Gasteiger partial charge in [-0.15, -0.1) is 0 Å². The van der Waals surface area contributed by atoms with Crippen LogP contribution in [0, 0.1) is 13.8 Å². The Morgan fingerprint density at radius 2 is 1.50 bits per heavy atom. The number of methoxy groups -OCH3 is 1. The van der Waals surface area contributed by atoms with Gasteiger partial charge in [0, 0.05) is 18.3 Å². The molecular weight excluding hydrogens is 501 g/mol. The van der Waals surface area contributed by atoms with Crippen LogP contribution in [0.2, 0.25) is 0 Å². The number of H-pyrrole nitrogens is 1. The number of carbonyl (C=O) groups excluding carboxylic acids is 2. The minimum absolute atomic E-state index is 0.119. The van der Waals surface area contributed by atoms with Gasteiger partial charge in [-0.25, -0.2) is 9.59 Å². The van der Waals surface area contributed by atoms with E-state index in [1.807, 2.05) is 0 Å². The Hall–Kier alpha value is -3.66. The molecule has 2 aromatic rings. The summed E-state index contributed by atoms with van der Waals surface area (Å²) in [5.74, 6) is -1.16. The molecule has 1 aromatic carbocycles. The van der Waals surface area contributed by atoms with Gasteiger partial charge in [0.1, 0.15) is 5.69 Å². The average Bonchev–Trinajstić information content (AvgIpc) is 3.31. The first-order chi connectivity index (χ1) is 17.9. The molecule has 3 rings (SSSR count). The number of esters is 2. The Labute approximate surface area is 219 Å². The first-order valence-corrected chi connectivity index (χ1v) is 12.2. The molecule has 0 radical (unpaired) electrons. The maximum Gasteiger partial charge on any atom is 0.418 e. The van der Waals surface area contributed by atoms with Gasteiger partial charge in [-0.2, -0.15) is 18.2 Å². The molecule has 2 heterocycles. The van der Waals surface area contributed by atoms with E-state index in [1.165, 1.54) is 12.1 Å². The van der Waals surface area contributed by atoms with E-state index in [-0.39, 0.29) is 35.7 Å². The third kappa shape index (κ3) is 5.31. The zero-order chi connectivity index (χ0) is 28.4. The monoisotopic (exact) mass is 533 g/mol. The van der Waals surface area contributed by atoms with E-state index in [4.69, 9.17) is 14.2 Å². The van der Waals surface area contributed by atoms with Crippen molar-refractivity contribution in [2.45, 2.75) is 53.8 Å². The van der Waals surface area contributed by atoms with Crippen molar-refractivity contribution in [3.8, 4) is 0 Å². The number of halogens is 3. The molecule has 10 heteroatoms.